The van der Waals surface area contributed by atoms with Crippen LogP contribution in [0.15, 0.2) is 47.3 Å². The molecule has 0 saturated carbocycles. The Morgan fingerprint density at radius 2 is 2.21 bits per heavy atom. The number of rotatable bonds is 5. The number of aromatic nitrogens is 3. The maximum Gasteiger partial charge on any atom is 0.228 e. The fourth-order valence-electron chi connectivity index (χ4n) is 3.81. The van der Waals surface area contributed by atoms with Crippen LogP contribution in [0.5, 0.6) is 0 Å². The van der Waals surface area contributed by atoms with Crippen LogP contribution in [0.3, 0.4) is 0 Å². The molecule has 1 unspecified atom stereocenters. The molecule has 1 atom stereocenters. The third-order valence-electron chi connectivity index (χ3n) is 5.38. The van der Waals surface area contributed by atoms with Crippen molar-refractivity contribution in [2.75, 3.05) is 18.4 Å². The van der Waals surface area contributed by atoms with Crippen molar-refractivity contribution in [2.24, 2.45) is 13.0 Å². The summed E-state index contributed by atoms with van der Waals surface area (Å²) in [4.78, 5) is 15.2. The number of benzene rings is 1. The second-order valence-corrected chi connectivity index (χ2v) is 7.39. The molecule has 146 valence electrons. The number of hydrogen-bond acceptors (Lipinski definition) is 5. The Labute approximate surface area is 164 Å². The Morgan fingerprint density at radius 3 is 2.96 bits per heavy atom. The van der Waals surface area contributed by atoms with Gasteiger partial charge in [0, 0.05) is 24.8 Å². The van der Waals surface area contributed by atoms with Crippen LogP contribution in [-0.2, 0) is 18.4 Å². The summed E-state index contributed by atoms with van der Waals surface area (Å²) in [6.07, 6.45) is 5.28. The minimum Gasteiger partial charge on any atom is -0.468 e. The van der Waals surface area contributed by atoms with Crippen molar-refractivity contribution in [3.63, 3.8) is 0 Å². The van der Waals surface area contributed by atoms with Crippen LogP contribution in [-0.4, -0.2) is 38.7 Å². The first-order chi connectivity index (χ1) is 13.6. The zero-order chi connectivity index (χ0) is 19.5. The summed E-state index contributed by atoms with van der Waals surface area (Å²) in [6.45, 7) is 4.49. The van der Waals surface area contributed by atoms with E-state index in [0.717, 1.165) is 60.9 Å². The molecule has 7 nitrogen and oxygen atoms in total. The Bertz CT molecular complexity index is 948. The average Bonchev–Trinajstić information content (AvgIpc) is 3.35. The third-order valence-corrected chi connectivity index (χ3v) is 5.38. The monoisotopic (exact) mass is 379 g/mol. The highest BCUT2D eigenvalue weighted by atomic mass is 16.3. The number of furan rings is 1. The summed E-state index contributed by atoms with van der Waals surface area (Å²) >= 11 is 0. The lowest BCUT2D eigenvalue weighted by Crippen LogP contribution is -2.40. The first kappa shape index (κ1) is 18.4. The Hall–Kier alpha value is -2.93. The number of amides is 1. The Morgan fingerprint density at radius 1 is 1.32 bits per heavy atom. The molecule has 1 aliphatic heterocycles. The van der Waals surface area contributed by atoms with E-state index in [2.05, 4.69) is 20.4 Å². The molecule has 1 aliphatic rings. The minimum absolute atomic E-state index is 0.0263. The molecule has 4 rings (SSSR count). The highest BCUT2D eigenvalue weighted by Crippen LogP contribution is 2.28. The standard InChI is InChI=1S/C21H25N5O2/c1-15-18(20-24-22-14-25(20)2)8-3-9-19(15)23-21(27)16-6-4-10-26(12-16)13-17-7-5-11-28-17/h3,5,7-9,11,14,16H,4,6,10,12-13H2,1-2H3,(H,23,27). The lowest BCUT2D eigenvalue weighted by atomic mass is 9.96. The zero-order valence-electron chi connectivity index (χ0n) is 16.3. The molecule has 2 aromatic heterocycles. The van der Waals surface area contributed by atoms with Crippen molar-refractivity contribution in [1.82, 2.24) is 19.7 Å². The predicted octanol–water partition coefficient (Wildman–Crippen LogP) is 3.23. The second kappa shape index (κ2) is 7.98. The first-order valence-electron chi connectivity index (χ1n) is 9.61. The Balaban J connectivity index is 1.45. The molecule has 7 heteroatoms. The van der Waals surface area contributed by atoms with Gasteiger partial charge < -0.3 is 14.3 Å². The van der Waals surface area contributed by atoms with E-state index in [-0.39, 0.29) is 11.8 Å². The molecular weight excluding hydrogens is 354 g/mol. The molecular formula is C21H25N5O2. The fraction of sp³-hybridized carbons (Fsp3) is 0.381. The largest absolute Gasteiger partial charge is 0.468 e. The highest BCUT2D eigenvalue weighted by molar-refractivity contribution is 5.94. The molecule has 3 aromatic rings. The van der Waals surface area contributed by atoms with Crippen molar-refractivity contribution in [2.45, 2.75) is 26.3 Å². The maximum atomic E-state index is 12.9. The smallest absolute Gasteiger partial charge is 0.228 e. The van der Waals surface area contributed by atoms with Gasteiger partial charge in [-0.25, -0.2) is 0 Å². The number of hydrogen-bond donors (Lipinski definition) is 1. The van der Waals surface area contributed by atoms with Crippen molar-refractivity contribution >= 4 is 11.6 Å². The number of carbonyl (C=O) groups is 1. The van der Waals surface area contributed by atoms with Gasteiger partial charge in [0.2, 0.25) is 5.91 Å². The normalized spacial score (nSPS) is 17.6. The van der Waals surface area contributed by atoms with Crippen LogP contribution in [0.25, 0.3) is 11.4 Å². The van der Waals surface area contributed by atoms with E-state index >= 15 is 0 Å². The van der Waals surface area contributed by atoms with E-state index in [4.69, 9.17) is 4.42 Å². The summed E-state index contributed by atoms with van der Waals surface area (Å²) in [6, 6.07) is 9.76. The summed E-state index contributed by atoms with van der Waals surface area (Å²) in [7, 11) is 1.91. The number of nitrogens with one attached hydrogen (secondary N) is 1. The van der Waals surface area contributed by atoms with Crippen LogP contribution in [0.4, 0.5) is 5.69 Å². The molecule has 3 heterocycles. The zero-order valence-corrected chi connectivity index (χ0v) is 16.3. The van der Waals surface area contributed by atoms with E-state index in [0.29, 0.717) is 0 Å². The number of nitrogens with zero attached hydrogens (tertiary/aromatic N) is 4. The van der Waals surface area contributed by atoms with Gasteiger partial charge >= 0.3 is 0 Å². The van der Waals surface area contributed by atoms with Crippen molar-refractivity contribution in [3.8, 4) is 11.4 Å². The van der Waals surface area contributed by atoms with Crippen LogP contribution in [0.2, 0.25) is 0 Å². The first-order valence-corrected chi connectivity index (χ1v) is 9.61. The Kier molecular flexibility index (Phi) is 5.25. The molecule has 0 aliphatic carbocycles. The van der Waals surface area contributed by atoms with Gasteiger partial charge in [-0.15, -0.1) is 10.2 Å². The average molecular weight is 379 g/mol. The molecule has 1 saturated heterocycles. The van der Waals surface area contributed by atoms with Gasteiger partial charge in [-0.1, -0.05) is 12.1 Å². The number of piperidine rings is 1. The van der Waals surface area contributed by atoms with Gasteiger partial charge in [-0.3, -0.25) is 9.69 Å². The summed E-state index contributed by atoms with van der Waals surface area (Å²) in [5.74, 6) is 1.77. The molecule has 1 aromatic carbocycles. The van der Waals surface area contributed by atoms with Gasteiger partial charge in [-0.2, -0.15) is 0 Å². The number of likely N-dealkylation sites (tertiary alicyclic amines) is 1. The van der Waals surface area contributed by atoms with Crippen LogP contribution < -0.4 is 5.32 Å². The molecule has 1 amide bonds. The van der Waals surface area contributed by atoms with E-state index < -0.39 is 0 Å². The second-order valence-electron chi connectivity index (χ2n) is 7.39. The van der Waals surface area contributed by atoms with Gasteiger partial charge in [0.25, 0.3) is 0 Å². The van der Waals surface area contributed by atoms with E-state index in [9.17, 15) is 4.79 Å². The highest BCUT2D eigenvalue weighted by Gasteiger charge is 2.26. The van der Waals surface area contributed by atoms with Gasteiger partial charge in [0.05, 0.1) is 18.7 Å². The molecule has 28 heavy (non-hydrogen) atoms. The lowest BCUT2D eigenvalue weighted by Gasteiger charge is -2.31. The van der Waals surface area contributed by atoms with Gasteiger partial charge in [-0.05, 0) is 50.1 Å². The van der Waals surface area contributed by atoms with E-state index in [1.165, 1.54) is 0 Å². The topological polar surface area (TPSA) is 76.2 Å². The third kappa shape index (κ3) is 3.84. The van der Waals surface area contributed by atoms with Crippen LogP contribution in [0.1, 0.15) is 24.2 Å². The molecule has 1 N–H and O–H groups in total. The summed E-state index contributed by atoms with van der Waals surface area (Å²) in [5.41, 5.74) is 2.80. The predicted molar refractivity (Wildman–Crippen MR) is 107 cm³/mol. The summed E-state index contributed by atoms with van der Waals surface area (Å²) < 4.78 is 7.32. The summed E-state index contributed by atoms with van der Waals surface area (Å²) in [5, 5.41) is 11.3. The molecule has 0 radical (unpaired) electrons. The quantitative estimate of drug-likeness (QED) is 0.736. The van der Waals surface area contributed by atoms with Crippen molar-refractivity contribution < 1.29 is 9.21 Å². The fourth-order valence-corrected chi connectivity index (χ4v) is 3.81. The number of anilines is 1. The van der Waals surface area contributed by atoms with Crippen LogP contribution in [0, 0.1) is 12.8 Å². The minimum atomic E-state index is -0.0263. The molecule has 1 fully saturated rings. The molecule has 0 spiro atoms. The van der Waals surface area contributed by atoms with E-state index in [1.54, 1.807) is 12.6 Å². The van der Waals surface area contributed by atoms with Crippen molar-refractivity contribution in [1.29, 1.82) is 0 Å². The van der Waals surface area contributed by atoms with E-state index in [1.807, 2.05) is 48.9 Å². The van der Waals surface area contributed by atoms with Crippen molar-refractivity contribution in [3.05, 3.63) is 54.2 Å². The lowest BCUT2D eigenvalue weighted by molar-refractivity contribution is -0.121. The number of aryl methyl sites for hydroxylation is 1. The van der Waals surface area contributed by atoms with Crippen LogP contribution >= 0.6 is 0 Å². The maximum absolute atomic E-state index is 12.9. The molecule has 0 bridgehead atoms. The van der Waals surface area contributed by atoms with Gasteiger partial charge in [0.1, 0.15) is 12.1 Å². The SMILES string of the molecule is Cc1c(NC(=O)C2CCCN(Cc3ccco3)C2)cccc1-c1nncn1C. The van der Waals surface area contributed by atoms with Gasteiger partial charge in [0.15, 0.2) is 5.82 Å². The number of carbonyl (C=O) groups excluding carboxylic acids is 1.